The minimum absolute atomic E-state index is 0.0681. The zero-order valence-electron chi connectivity index (χ0n) is 13.8. The lowest BCUT2D eigenvalue weighted by Gasteiger charge is -2.07. The molecule has 5 nitrogen and oxygen atoms in total. The summed E-state index contributed by atoms with van der Waals surface area (Å²) in [6.07, 6.45) is 1.80. The number of carbonyl (C=O) groups is 1. The summed E-state index contributed by atoms with van der Waals surface area (Å²) in [6, 6.07) is 11.7. The van der Waals surface area contributed by atoms with Crippen molar-refractivity contribution in [1.82, 2.24) is 14.8 Å². The first-order valence-corrected chi connectivity index (χ1v) is 9.61. The van der Waals surface area contributed by atoms with Crippen molar-refractivity contribution in [2.24, 2.45) is 0 Å². The molecule has 3 aromatic rings. The molecule has 0 spiro atoms. The molecule has 0 aliphatic rings. The first kappa shape index (κ1) is 17.4. The van der Waals surface area contributed by atoms with Crippen LogP contribution >= 0.6 is 23.1 Å². The topological polar surface area (TPSA) is 59.8 Å². The molecule has 0 aliphatic carbocycles. The van der Waals surface area contributed by atoms with Crippen LogP contribution in [0.3, 0.4) is 0 Å². The fourth-order valence-corrected chi connectivity index (χ4v) is 3.79. The van der Waals surface area contributed by atoms with Gasteiger partial charge in [-0.2, -0.15) is 0 Å². The van der Waals surface area contributed by atoms with Crippen molar-refractivity contribution in [3.05, 3.63) is 60.0 Å². The third kappa shape index (κ3) is 4.37. The van der Waals surface area contributed by atoms with E-state index in [-0.39, 0.29) is 11.7 Å². The van der Waals surface area contributed by atoms with Gasteiger partial charge in [-0.3, -0.25) is 9.36 Å². The Morgan fingerprint density at radius 2 is 2.24 bits per heavy atom. The molecule has 128 valence electrons. The zero-order chi connectivity index (χ0) is 17.6. The monoisotopic (exact) mass is 370 g/mol. The van der Waals surface area contributed by atoms with E-state index in [9.17, 15) is 4.79 Å². The summed E-state index contributed by atoms with van der Waals surface area (Å²) in [5.41, 5.74) is 1.91. The van der Waals surface area contributed by atoms with Gasteiger partial charge in [-0.1, -0.05) is 36.0 Å². The summed E-state index contributed by atoms with van der Waals surface area (Å²) >= 11 is 2.98. The number of nitrogens with one attached hydrogen (secondary N) is 1. The predicted molar refractivity (Wildman–Crippen MR) is 104 cm³/mol. The summed E-state index contributed by atoms with van der Waals surface area (Å²) in [6.45, 7) is 6.39. The Morgan fingerprint density at radius 3 is 2.96 bits per heavy atom. The maximum atomic E-state index is 12.2. The number of hydrogen-bond acceptors (Lipinski definition) is 5. The highest BCUT2D eigenvalue weighted by Crippen LogP contribution is 2.27. The Kier molecular flexibility index (Phi) is 5.67. The number of benzene rings is 1. The molecule has 7 heteroatoms. The molecule has 0 atom stereocenters. The summed E-state index contributed by atoms with van der Waals surface area (Å²) in [7, 11) is 0. The number of carbonyl (C=O) groups excluding carboxylic acids is 1. The highest BCUT2D eigenvalue weighted by Gasteiger charge is 2.15. The molecule has 25 heavy (non-hydrogen) atoms. The number of nitrogens with zero attached hydrogens (tertiary/aromatic N) is 3. The average Bonchev–Trinajstić information content (AvgIpc) is 3.23. The minimum Gasteiger partial charge on any atom is -0.325 e. The van der Waals surface area contributed by atoms with Gasteiger partial charge in [0.15, 0.2) is 11.0 Å². The number of aryl methyl sites for hydroxylation is 1. The number of hydrogen-bond donors (Lipinski definition) is 1. The van der Waals surface area contributed by atoms with Crippen LogP contribution in [0.25, 0.3) is 10.7 Å². The Bertz CT molecular complexity index is 871. The van der Waals surface area contributed by atoms with Gasteiger partial charge in [-0.25, -0.2) is 0 Å². The smallest absolute Gasteiger partial charge is 0.234 e. The fraction of sp³-hybridized carbons (Fsp3) is 0.167. The van der Waals surface area contributed by atoms with E-state index in [0.717, 1.165) is 22.0 Å². The Balaban J connectivity index is 1.68. The quantitative estimate of drug-likeness (QED) is 0.499. The lowest BCUT2D eigenvalue weighted by Crippen LogP contribution is -2.14. The molecule has 0 unspecified atom stereocenters. The van der Waals surface area contributed by atoms with Crippen LogP contribution in [-0.4, -0.2) is 26.4 Å². The van der Waals surface area contributed by atoms with E-state index in [1.54, 1.807) is 17.4 Å². The number of aromatic nitrogens is 3. The van der Waals surface area contributed by atoms with Crippen molar-refractivity contribution < 1.29 is 4.79 Å². The van der Waals surface area contributed by atoms with E-state index in [0.29, 0.717) is 11.7 Å². The second-order valence-corrected chi connectivity index (χ2v) is 7.28. The molecule has 1 amide bonds. The number of thioether (sulfide) groups is 1. The van der Waals surface area contributed by atoms with Gasteiger partial charge in [-0.15, -0.1) is 28.1 Å². The lowest BCUT2D eigenvalue weighted by molar-refractivity contribution is -0.113. The van der Waals surface area contributed by atoms with E-state index in [4.69, 9.17) is 0 Å². The van der Waals surface area contributed by atoms with Crippen LogP contribution in [0.4, 0.5) is 5.69 Å². The highest BCUT2D eigenvalue weighted by atomic mass is 32.2. The zero-order valence-corrected chi connectivity index (χ0v) is 15.4. The predicted octanol–water partition coefficient (Wildman–Crippen LogP) is 4.23. The van der Waals surface area contributed by atoms with E-state index in [1.807, 2.05) is 53.3 Å². The molecular formula is C18H18N4OS2. The third-order valence-electron chi connectivity index (χ3n) is 3.40. The van der Waals surface area contributed by atoms with E-state index in [1.165, 1.54) is 11.8 Å². The van der Waals surface area contributed by atoms with Gasteiger partial charge in [0.25, 0.3) is 0 Å². The molecule has 0 saturated heterocycles. The van der Waals surface area contributed by atoms with Gasteiger partial charge in [0, 0.05) is 12.2 Å². The molecule has 3 rings (SSSR count). The maximum absolute atomic E-state index is 12.2. The second kappa shape index (κ2) is 8.13. The highest BCUT2D eigenvalue weighted by molar-refractivity contribution is 7.99. The molecule has 0 saturated carbocycles. The van der Waals surface area contributed by atoms with E-state index >= 15 is 0 Å². The van der Waals surface area contributed by atoms with Crippen molar-refractivity contribution in [3.63, 3.8) is 0 Å². The summed E-state index contributed by atoms with van der Waals surface area (Å²) < 4.78 is 1.98. The second-order valence-electron chi connectivity index (χ2n) is 5.39. The molecule has 1 aromatic carbocycles. The van der Waals surface area contributed by atoms with Crippen LogP contribution in [0.15, 0.2) is 59.6 Å². The fourth-order valence-electron chi connectivity index (χ4n) is 2.33. The van der Waals surface area contributed by atoms with Crippen LogP contribution in [0.5, 0.6) is 0 Å². The molecule has 0 radical (unpaired) electrons. The molecule has 0 bridgehead atoms. The molecule has 0 fully saturated rings. The number of amides is 1. The first-order valence-electron chi connectivity index (χ1n) is 7.74. The largest absolute Gasteiger partial charge is 0.325 e. The summed E-state index contributed by atoms with van der Waals surface area (Å²) in [5, 5.41) is 14.1. The molecular weight excluding hydrogens is 352 g/mol. The van der Waals surface area contributed by atoms with E-state index < -0.39 is 0 Å². The first-order chi connectivity index (χ1) is 12.2. The van der Waals surface area contributed by atoms with Gasteiger partial charge in [0.1, 0.15) is 0 Å². The summed E-state index contributed by atoms with van der Waals surface area (Å²) in [4.78, 5) is 13.2. The van der Waals surface area contributed by atoms with Crippen molar-refractivity contribution in [2.75, 3.05) is 11.1 Å². The maximum Gasteiger partial charge on any atom is 0.234 e. The van der Waals surface area contributed by atoms with Crippen molar-refractivity contribution in [3.8, 4) is 10.7 Å². The molecule has 2 aromatic heterocycles. The number of rotatable bonds is 7. The Hall–Kier alpha value is -2.38. The normalized spacial score (nSPS) is 10.6. The Morgan fingerprint density at radius 1 is 1.36 bits per heavy atom. The summed E-state index contributed by atoms with van der Waals surface area (Å²) in [5.74, 6) is 1.01. The molecule has 0 aliphatic heterocycles. The van der Waals surface area contributed by atoms with Crippen LogP contribution in [0.1, 0.15) is 5.56 Å². The average molecular weight is 371 g/mol. The van der Waals surface area contributed by atoms with Crippen LogP contribution in [-0.2, 0) is 11.3 Å². The third-order valence-corrected chi connectivity index (χ3v) is 5.24. The van der Waals surface area contributed by atoms with Crippen molar-refractivity contribution >= 4 is 34.7 Å². The van der Waals surface area contributed by atoms with Gasteiger partial charge in [-0.05, 0) is 36.1 Å². The minimum atomic E-state index is -0.0681. The van der Waals surface area contributed by atoms with E-state index in [2.05, 4.69) is 22.1 Å². The number of thiophene rings is 1. The number of allylic oxidation sites excluding steroid dienone is 1. The van der Waals surface area contributed by atoms with Crippen LogP contribution in [0, 0.1) is 6.92 Å². The van der Waals surface area contributed by atoms with Gasteiger partial charge >= 0.3 is 0 Å². The molecule has 2 heterocycles. The lowest BCUT2D eigenvalue weighted by atomic mass is 10.2. The van der Waals surface area contributed by atoms with Crippen molar-refractivity contribution in [2.45, 2.75) is 18.6 Å². The Labute approximate surface area is 154 Å². The SMILES string of the molecule is C=CCn1c(SCC(=O)Nc2cccc(C)c2)nnc1-c1cccs1. The van der Waals surface area contributed by atoms with Gasteiger partial charge in [0.05, 0.1) is 10.6 Å². The van der Waals surface area contributed by atoms with Gasteiger partial charge in [0.2, 0.25) is 5.91 Å². The number of anilines is 1. The van der Waals surface area contributed by atoms with Crippen LogP contribution < -0.4 is 5.32 Å². The van der Waals surface area contributed by atoms with Crippen molar-refractivity contribution in [1.29, 1.82) is 0 Å². The van der Waals surface area contributed by atoms with Crippen LogP contribution in [0.2, 0.25) is 0 Å². The standard InChI is InChI=1S/C18H18N4OS2/c1-3-9-22-17(15-8-5-10-24-15)20-21-18(22)25-12-16(23)19-14-7-4-6-13(2)11-14/h3-8,10-11H,1,9,12H2,2H3,(H,19,23). The van der Waals surface area contributed by atoms with Gasteiger partial charge < -0.3 is 5.32 Å². The molecule has 1 N–H and O–H groups in total.